The number of aliphatic hydroxyl groups excluding tert-OH is 1. The third-order valence-corrected chi connectivity index (χ3v) is 5.68. The highest BCUT2D eigenvalue weighted by atomic mass is 16.3. The number of hydrogen-bond acceptors (Lipinski definition) is 3. The number of fused-ring (bicyclic) bond motifs is 2. The normalized spacial score (nSPS) is 22.1. The lowest BCUT2D eigenvalue weighted by Crippen LogP contribution is -2.54. The zero-order valence-electron chi connectivity index (χ0n) is 14.7. The zero-order valence-corrected chi connectivity index (χ0v) is 14.7. The van der Waals surface area contributed by atoms with Crippen molar-refractivity contribution in [2.45, 2.75) is 37.9 Å². The van der Waals surface area contributed by atoms with Crippen LogP contribution >= 0.6 is 0 Å². The number of rotatable bonds is 4. The molecule has 0 spiro atoms. The lowest BCUT2D eigenvalue weighted by molar-refractivity contribution is -0.128. The van der Waals surface area contributed by atoms with Crippen molar-refractivity contribution < 1.29 is 14.7 Å². The minimum absolute atomic E-state index is 0.117. The van der Waals surface area contributed by atoms with Crippen molar-refractivity contribution in [3.05, 3.63) is 70.8 Å². The monoisotopic (exact) mass is 350 g/mol. The highest BCUT2D eigenvalue weighted by molar-refractivity contribution is 6.01. The average molecular weight is 350 g/mol. The van der Waals surface area contributed by atoms with Crippen molar-refractivity contribution >= 4 is 11.8 Å². The Labute approximate surface area is 152 Å². The summed E-state index contributed by atoms with van der Waals surface area (Å²) in [6.45, 7) is 2.02. The summed E-state index contributed by atoms with van der Waals surface area (Å²) in [6, 6.07) is 14.7. The van der Waals surface area contributed by atoms with Gasteiger partial charge in [-0.25, -0.2) is 0 Å². The van der Waals surface area contributed by atoms with E-state index in [4.69, 9.17) is 0 Å². The van der Waals surface area contributed by atoms with Crippen LogP contribution in [0, 0.1) is 0 Å². The Morgan fingerprint density at radius 3 is 2.62 bits per heavy atom. The molecule has 0 radical (unpaired) electrons. The summed E-state index contributed by atoms with van der Waals surface area (Å²) in [6.07, 6.45) is 1.48. The summed E-state index contributed by atoms with van der Waals surface area (Å²) in [7, 11) is 0. The van der Waals surface area contributed by atoms with Gasteiger partial charge in [0.05, 0.1) is 12.1 Å². The minimum atomic E-state index is -0.766. The highest BCUT2D eigenvalue weighted by Gasteiger charge is 2.42. The van der Waals surface area contributed by atoms with E-state index in [1.54, 1.807) is 17.9 Å². The second-order valence-electron chi connectivity index (χ2n) is 7.15. The fourth-order valence-electron chi connectivity index (χ4n) is 4.09. The maximum absolute atomic E-state index is 12.9. The van der Waals surface area contributed by atoms with Gasteiger partial charge in [-0.05, 0) is 42.5 Å². The maximum atomic E-state index is 12.9. The van der Waals surface area contributed by atoms with Crippen LogP contribution in [-0.4, -0.2) is 34.5 Å². The Hall–Kier alpha value is -2.66. The molecule has 0 bridgehead atoms. The van der Waals surface area contributed by atoms with Crippen LogP contribution in [-0.2, 0) is 23.3 Å². The molecule has 1 aliphatic carbocycles. The van der Waals surface area contributed by atoms with Crippen molar-refractivity contribution in [3.63, 3.8) is 0 Å². The molecule has 2 aromatic carbocycles. The number of nitrogens with zero attached hydrogens (tertiary/aromatic N) is 1. The quantitative estimate of drug-likeness (QED) is 0.886. The molecule has 0 aromatic heterocycles. The summed E-state index contributed by atoms with van der Waals surface area (Å²) in [4.78, 5) is 27.2. The van der Waals surface area contributed by atoms with E-state index in [1.807, 2.05) is 42.5 Å². The Morgan fingerprint density at radius 2 is 1.88 bits per heavy atom. The molecule has 134 valence electrons. The van der Waals surface area contributed by atoms with Crippen LogP contribution in [0.25, 0.3) is 0 Å². The third-order valence-electron chi connectivity index (χ3n) is 5.68. The molecule has 2 unspecified atom stereocenters. The lowest BCUT2D eigenvalue weighted by atomic mass is 9.92. The van der Waals surface area contributed by atoms with Gasteiger partial charge >= 0.3 is 0 Å². The van der Waals surface area contributed by atoms with Gasteiger partial charge in [-0.15, -0.1) is 0 Å². The van der Waals surface area contributed by atoms with Crippen LogP contribution in [0.2, 0.25) is 0 Å². The molecule has 26 heavy (non-hydrogen) atoms. The molecule has 1 heterocycles. The van der Waals surface area contributed by atoms with Crippen molar-refractivity contribution in [2.24, 2.45) is 0 Å². The van der Waals surface area contributed by atoms with Gasteiger partial charge in [-0.3, -0.25) is 9.59 Å². The van der Waals surface area contributed by atoms with Crippen molar-refractivity contribution in [2.75, 3.05) is 6.61 Å². The Kier molecular flexibility index (Phi) is 4.04. The average Bonchev–Trinajstić information content (AvgIpc) is 3.20. The van der Waals surface area contributed by atoms with Gasteiger partial charge in [0.1, 0.15) is 6.04 Å². The minimum Gasteiger partial charge on any atom is -0.394 e. The molecule has 5 heteroatoms. The van der Waals surface area contributed by atoms with Gasteiger partial charge in [0.25, 0.3) is 5.91 Å². The SMILES string of the molecule is CC(C(=O)NC1(CO)CCc2ccccc21)N1Cc2ccccc2C1=O. The topological polar surface area (TPSA) is 69.6 Å². The zero-order chi connectivity index (χ0) is 18.3. The molecule has 0 saturated carbocycles. The molecule has 4 rings (SSSR count). The number of benzene rings is 2. The highest BCUT2D eigenvalue weighted by Crippen LogP contribution is 2.36. The first kappa shape index (κ1) is 16.8. The van der Waals surface area contributed by atoms with Gasteiger partial charge in [-0.2, -0.15) is 0 Å². The predicted octanol–water partition coefficient (Wildman–Crippen LogP) is 1.98. The number of nitrogens with one attached hydrogen (secondary N) is 1. The van der Waals surface area contributed by atoms with E-state index >= 15 is 0 Å². The van der Waals surface area contributed by atoms with Gasteiger partial charge in [0.15, 0.2) is 0 Å². The van der Waals surface area contributed by atoms with Gasteiger partial charge < -0.3 is 15.3 Å². The molecule has 0 fully saturated rings. The van der Waals surface area contributed by atoms with E-state index in [9.17, 15) is 14.7 Å². The van der Waals surface area contributed by atoms with Gasteiger partial charge in [-0.1, -0.05) is 42.5 Å². The fourth-order valence-corrected chi connectivity index (χ4v) is 4.09. The predicted molar refractivity (Wildman–Crippen MR) is 97.4 cm³/mol. The van der Waals surface area contributed by atoms with E-state index < -0.39 is 11.6 Å². The number of hydrogen-bond donors (Lipinski definition) is 2. The first-order valence-electron chi connectivity index (χ1n) is 8.96. The van der Waals surface area contributed by atoms with Crippen LogP contribution in [0.1, 0.15) is 40.4 Å². The van der Waals surface area contributed by atoms with Crippen molar-refractivity contribution in [1.82, 2.24) is 10.2 Å². The number of carbonyl (C=O) groups excluding carboxylic acids is 2. The van der Waals surface area contributed by atoms with E-state index in [2.05, 4.69) is 5.32 Å². The summed E-state index contributed by atoms with van der Waals surface area (Å²) in [5, 5.41) is 13.1. The largest absolute Gasteiger partial charge is 0.394 e. The maximum Gasteiger partial charge on any atom is 0.255 e. The second-order valence-corrected chi connectivity index (χ2v) is 7.15. The van der Waals surface area contributed by atoms with E-state index in [0.29, 0.717) is 18.5 Å². The number of carbonyl (C=O) groups is 2. The first-order valence-corrected chi connectivity index (χ1v) is 8.96. The van der Waals surface area contributed by atoms with Gasteiger partial charge in [0.2, 0.25) is 5.91 Å². The molecule has 2 N–H and O–H groups in total. The summed E-state index contributed by atoms with van der Waals surface area (Å²) in [5.41, 5.74) is 2.96. The van der Waals surface area contributed by atoms with Gasteiger partial charge in [0, 0.05) is 12.1 Å². The molecule has 2 atom stereocenters. The Balaban J connectivity index is 1.55. The van der Waals surface area contributed by atoms with Crippen LogP contribution in [0.5, 0.6) is 0 Å². The molecular formula is C21H22N2O3. The van der Waals surface area contributed by atoms with E-state index in [0.717, 1.165) is 23.1 Å². The molecule has 2 amide bonds. The third kappa shape index (κ3) is 2.51. The van der Waals surface area contributed by atoms with E-state index in [-0.39, 0.29) is 18.4 Å². The number of amides is 2. The van der Waals surface area contributed by atoms with Crippen molar-refractivity contribution in [1.29, 1.82) is 0 Å². The second kappa shape index (κ2) is 6.25. The molecule has 2 aliphatic rings. The smallest absolute Gasteiger partial charge is 0.255 e. The Morgan fingerprint density at radius 1 is 1.19 bits per heavy atom. The fraction of sp³-hybridized carbons (Fsp3) is 0.333. The summed E-state index contributed by atoms with van der Waals surface area (Å²) >= 11 is 0. The Bertz CT molecular complexity index is 879. The lowest BCUT2D eigenvalue weighted by Gasteiger charge is -2.33. The van der Waals surface area contributed by atoms with E-state index in [1.165, 1.54) is 0 Å². The molecule has 5 nitrogen and oxygen atoms in total. The number of aryl methyl sites for hydroxylation is 1. The van der Waals surface area contributed by atoms with Crippen LogP contribution < -0.4 is 5.32 Å². The number of aliphatic hydroxyl groups is 1. The molecule has 1 aliphatic heterocycles. The molecule has 0 saturated heterocycles. The van der Waals surface area contributed by atoms with Crippen LogP contribution in [0.3, 0.4) is 0 Å². The summed E-state index contributed by atoms with van der Waals surface area (Å²) in [5.74, 6) is -0.356. The van der Waals surface area contributed by atoms with Crippen LogP contribution in [0.4, 0.5) is 0 Å². The first-order chi connectivity index (χ1) is 12.6. The molecule has 2 aromatic rings. The van der Waals surface area contributed by atoms with Crippen LogP contribution in [0.15, 0.2) is 48.5 Å². The standard InChI is InChI=1S/C21H22N2O3/c1-14(23-12-16-7-2-4-8-17(16)20(23)26)19(25)22-21(13-24)11-10-15-6-3-5-9-18(15)21/h2-9,14,24H,10-13H2,1H3,(H,22,25). The molecular weight excluding hydrogens is 328 g/mol. The van der Waals surface area contributed by atoms with Crippen molar-refractivity contribution in [3.8, 4) is 0 Å². The summed E-state index contributed by atoms with van der Waals surface area (Å²) < 4.78 is 0.